The standard InChI is InChI=1S/C14H13NO2/c1-15(2)14-5-3-4-10-6-11(8-16)12(9-17)7-13(10)14/h3-9H,1-2H3. The first-order valence-electron chi connectivity index (χ1n) is 5.32. The van der Waals surface area contributed by atoms with Gasteiger partial charge in [-0.05, 0) is 23.6 Å². The van der Waals surface area contributed by atoms with Crippen molar-refractivity contribution in [2.45, 2.75) is 0 Å². The van der Waals surface area contributed by atoms with Gasteiger partial charge in [-0.15, -0.1) is 0 Å². The van der Waals surface area contributed by atoms with Crippen molar-refractivity contribution in [1.29, 1.82) is 0 Å². The normalized spacial score (nSPS) is 10.2. The molecule has 0 aromatic heterocycles. The lowest BCUT2D eigenvalue weighted by Crippen LogP contribution is -2.09. The number of benzene rings is 2. The van der Waals surface area contributed by atoms with E-state index in [4.69, 9.17) is 0 Å². The lowest BCUT2D eigenvalue weighted by molar-refractivity contribution is 0.109. The van der Waals surface area contributed by atoms with E-state index in [0.29, 0.717) is 17.4 Å². The highest BCUT2D eigenvalue weighted by atomic mass is 16.1. The molecule has 2 rings (SSSR count). The topological polar surface area (TPSA) is 37.4 Å². The second-order valence-corrected chi connectivity index (χ2v) is 4.11. The molecule has 2 aromatic carbocycles. The molecule has 0 aliphatic carbocycles. The number of carbonyl (C=O) groups is 2. The minimum Gasteiger partial charge on any atom is -0.377 e. The van der Waals surface area contributed by atoms with Gasteiger partial charge in [-0.1, -0.05) is 12.1 Å². The van der Waals surface area contributed by atoms with E-state index in [1.54, 1.807) is 12.1 Å². The lowest BCUT2D eigenvalue weighted by Gasteiger charge is -2.16. The third kappa shape index (κ3) is 1.91. The van der Waals surface area contributed by atoms with Crippen molar-refractivity contribution in [2.24, 2.45) is 0 Å². The van der Waals surface area contributed by atoms with Gasteiger partial charge in [0.25, 0.3) is 0 Å². The summed E-state index contributed by atoms with van der Waals surface area (Å²) >= 11 is 0. The number of rotatable bonds is 3. The Morgan fingerprint density at radius 3 is 2.24 bits per heavy atom. The van der Waals surface area contributed by atoms with Gasteiger partial charge in [-0.25, -0.2) is 0 Å². The molecule has 0 atom stereocenters. The SMILES string of the molecule is CN(C)c1cccc2cc(C=O)c(C=O)cc12. The molecule has 0 aliphatic rings. The van der Waals surface area contributed by atoms with Crippen LogP contribution in [-0.4, -0.2) is 26.7 Å². The zero-order chi connectivity index (χ0) is 12.4. The summed E-state index contributed by atoms with van der Waals surface area (Å²) in [6, 6.07) is 9.37. The summed E-state index contributed by atoms with van der Waals surface area (Å²) in [5, 5.41) is 1.94. The summed E-state index contributed by atoms with van der Waals surface area (Å²) in [5.74, 6) is 0. The Balaban J connectivity index is 2.82. The molecule has 0 unspecified atom stereocenters. The number of nitrogens with zero attached hydrogens (tertiary/aromatic N) is 1. The summed E-state index contributed by atoms with van der Waals surface area (Å²) < 4.78 is 0. The Kier molecular flexibility index (Phi) is 2.91. The van der Waals surface area contributed by atoms with E-state index >= 15 is 0 Å². The third-order valence-electron chi connectivity index (χ3n) is 2.80. The molecule has 0 aliphatic heterocycles. The van der Waals surface area contributed by atoms with E-state index in [0.717, 1.165) is 22.7 Å². The number of fused-ring (bicyclic) bond motifs is 1. The largest absolute Gasteiger partial charge is 0.377 e. The number of carbonyl (C=O) groups excluding carboxylic acids is 2. The zero-order valence-electron chi connectivity index (χ0n) is 9.81. The lowest BCUT2D eigenvalue weighted by atomic mass is 10.0. The van der Waals surface area contributed by atoms with Crippen molar-refractivity contribution in [3.05, 3.63) is 41.5 Å². The van der Waals surface area contributed by atoms with Crippen molar-refractivity contribution in [3.63, 3.8) is 0 Å². The number of hydrogen-bond acceptors (Lipinski definition) is 3. The van der Waals surface area contributed by atoms with Gasteiger partial charge in [0.15, 0.2) is 12.6 Å². The van der Waals surface area contributed by atoms with Crippen LogP contribution in [0.25, 0.3) is 10.8 Å². The van der Waals surface area contributed by atoms with E-state index in [1.165, 1.54) is 0 Å². The molecule has 0 amide bonds. The molecular weight excluding hydrogens is 214 g/mol. The minimum absolute atomic E-state index is 0.432. The molecule has 0 heterocycles. The second-order valence-electron chi connectivity index (χ2n) is 4.11. The molecular formula is C14H13NO2. The van der Waals surface area contributed by atoms with Crippen LogP contribution in [0.3, 0.4) is 0 Å². The fourth-order valence-corrected chi connectivity index (χ4v) is 1.94. The molecule has 0 fully saturated rings. The van der Waals surface area contributed by atoms with Crippen molar-refractivity contribution >= 4 is 29.0 Å². The van der Waals surface area contributed by atoms with Crippen molar-refractivity contribution < 1.29 is 9.59 Å². The Morgan fingerprint density at radius 2 is 1.65 bits per heavy atom. The van der Waals surface area contributed by atoms with Crippen LogP contribution in [0.4, 0.5) is 5.69 Å². The van der Waals surface area contributed by atoms with Crippen molar-refractivity contribution in [2.75, 3.05) is 19.0 Å². The van der Waals surface area contributed by atoms with Gasteiger partial charge in [0.05, 0.1) is 0 Å². The minimum atomic E-state index is 0.432. The van der Waals surface area contributed by atoms with Crippen molar-refractivity contribution in [1.82, 2.24) is 0 Å². The van der Waals surface area contributed by atoms with Crippen LogP contribution in [0.5, 0.6) is 0 Å². The first-order chi connectivity index (χ1) is 8.17. The average molecular weight is 227 g/mol. The molecule has 0 saturated carbocycles. The van der Waals surface area contributed by atoms with E-state index in [2.05, 4.69) is 0 Å². The molecule has 3 heteroatoms. The zero-order valence-corrected chi connectivity index (χ0v) is 9.81. The highest BCUT2D eigenvalue weighted by Gasteiger charge is 2.07. The molecule has 0 radical (unpaired) electrons. The summed E-state index contributed by atoms with van der Waals surface area (Å²) in [6.07, 6.45) is 1.43. The van der Waals surface area contributed by atoms with E-state index in [-0.39, 0.29) is 0 Å². The number of hydrogen-bond donors (Lipinski definition) is 0. The van der Waals surface area contributed by atoms with Crippen LogP contribution >= 0.6 is 0 Å². The maximum absolute atomic E-state index is 10.9. The molecule has 0 bridgehead atoms. The maximum Gasteiger partial charge on any atom is 0.150 e. The average Bonchev–Trinajstić information content (AvgIpc) is 2.35. The van der Waals surface area contributed by atoms with Crippen LogP contribution in [0.15, 0.2) is 30.3 Å². The molecule has 86 valence electrons. The van der Waals surface area contributed by atoms with Gasteiger partial charge in [0.2, 0.25) is 0 Å². The quantitative estimate of drug-likeness (QED) is 0.756. The predicted octanol–water partition coefficient (Wildman–Crippen LogP) is 2.53. The summed E-state index contributed by atoms with van der Waals surface area (Å²) in [6.45, 7) is 0. The smallest absolute Gasteiger partial charge is 0.150 e. The molecule has 2 aromatic rings. The number of aldehydes is 2. The second kappa shape index (κ2) is 4.37. The van der Waals surface area contributed by atoms with Gasteiger partial charge in [-0.2, -0.15) is 0 Å². The van der Waals surface area contributed by atoms with Crippen LogP contribution in [0.1, 0.15) is 20.7 Å². The highest BCUT2D eigenvalue weighted by molar-refractivity contribution is 6.02. The Hall–Kier alpha value is -2.16. The summed E-state index contributed by atoms with van der Waals surface area (Å²) in [5.41, 5.74) is 1.90. The van der Waals surface area contributed by atoms with Gasteiger partial charge in [0.1, 0.15) is 0 Å². The van der Waals surface area contributed by atoms with Crippen LogP contribution < -0.4 is 4.90 Å². The Labute approximate surface area is 99.7 Å². The number of anilines is 1. The van der Waals surface area contributed by atoms with E-state index in [9.17, 15) is 9.59 Å². The van der Waals surface area contributed by atoms with Gasteiger partial charge < -0.3 is 4.90 Å². The van der Waals surface area contributed by atoms with Crippen LogP contribution in [0.2, 0.25) is 0 Å². The third-order valence-corrected chi connectivity index (χ3v) is 2.80. The van der Waals surface area contributed by atoms with E-state index < -0.39 is 0 Å². The van der Waals surface area contributed by atoms with Crippen LogP contribution in [0, 0.1) is 0 Å². The molecule has 0 spiro atoms. The maximum atomic E-state index is 10.9. The van der Waals surface area contributed by atoms with Gasteiger partial charge in [0, 0.05) is 36.3 Å². The fourth-order valence-electron chi connectivity index (χ4n) is 1.94. The highest BCUT2D eigenvalue weighted by Crippen LogP contribution is 2.27. The van der Waals surface area contributed by atoms with Gasteiger partial charge >= 0.3 is 0 Å². The molecule has 0 saturated heterocycles. The fraction of sp³-hybridized carbons (Fsp3) is 0.143. The molecule has 0 N–H and O–H groups in total. The summed E-state index contributed by atoms with van der Waals surface area (Å²) in [4.78, 5) is 23.8. The molecule has 3 nitrogen and oxygen atoms in total. The van der Waals surface area contributed by atoms with Crippen molar-refractivity contribution in [3.8, 4) is 0 Å². The Morgan fingerprint density at radius 1 is 1.00 bits per heavy atom. The monoisotopic (exact) mass is 227 g/mol. The first kappa shape index (κ1) is 11.3. The molecule has 17 heavy (non-hydrogen) atoms. The van der Waals surface area contributed by atoms with Crippen LogP contribution in [-0.2, 0) is 0 Å². The first-order valence-corrected chi connectivity index (χ1v) is 5.32. The van der Waals surface area contributed by atoms with E-state index in [1.807, 2.05) is 37.2 Å². The Bertz CT molecular complexity index is 588. The van der Waals surface area contributed by atoms with Gasteiger partial charge in [-0.3, -0.25) is 9.59 Å². The predicted molar refractivity (Wildman–Crippen MR) is 69.1 cm³/mol. The summed E-state index contributed by atoms with van der Waals surface area (Å²) in [7, 11) is 3.89.